The third kappa shape index (κ3) is 4.48. The van der Waals surface area contributed by atoms with Gasteiger partial charge in [-0.1, -0.05) is 0 Å². The Labute approximate surface area is 98.4 Å². The standard InChI is InChI=1S/C12H23N3O/c1-11-9-16-8-7-15(11)6-4-3-5-12(2,14)10-13/h11H,3-9,14H2,1-2H3. The quantitative estimate of drug-likeness (QED) is 0.712. The van der Waals surface area contributed by atoms with Crippen LogP contribution in [0.1, 0.15) is 33.1 Å². The van der Waals surface area contributed by atoms with Gasteiger partial charge in [0.1, 0.15) is 5.54 Å². The summed E-state index contributed by atoms with van der Waals surface area (Å²) in [5.74, 6) is 0. The van der Waals surface area contributed by atoms with Gasteiger partial charge < -0.3 is 10.5 Å². The van der Waals surface area contributed by atoms with E-state index in [1.807, 2.05) is 0 Å². The second kappa shape index (κ2) is 6.19. The number of unbranched alkanes of at least 4 members (excludes halogenated alkanes) is 1. The molecule has 2 N–H and O–H groups in total. The molecule has 1 saturated heterocycles. The number of hydrogen-bond acceptors (Lipinski definition) is 4. The average Bonchev–Trinajstić information content (AvgIpc) is 2.27. The Balaban J connectivity index is 2.13. The van der Waals surface area contributed by atoms with Crippen molar-refractivity contribution in [1.82, 2.24) is 4.90 Å². The number of nitriles is 1. The lowest BCUT2D eigenvalue weighted by Crippen LogP contribution is -2.44. The minimum atomic E-state index is -0.656. The van der Waals surface area contributed by atoms with Crippen LogP contribution < -0.4 is 5.73 Å². The fraction of sp³-hybridized carbons (Fsp3) is 0.917. The third-order valence-electron chi connectivity index (χ3n) is 3.15. The molecule has 1 aliphatic rings. The summed E-state index contributed by atoms with van der Waals surface area (Å²) in [6, 6.07) is 2.65. The molecular formula is C12H23N3O. The monoisotopic (exact) mass is 225 g/mol. The third-order valence-corrected chi connectivity index (χ3v) is 3.15. The molecule has 0 bridgehead atoms. The van der Waals surface area contributed by atoms with E-state index in [2.05, 4.69) is 17.9 Å². The van der Waals surface area contributed by atoms with Gasteiger partial charge in [0, 0.05) is 12.6 Å². The molecule has 0 radical (unpaired) electrons. The van der Waals surface area contributed by atoms with Gasteiger partial charge in [0.15, 0.2) is 0 Å². The van der Waals surface area contributed by atoms with Gasteiger partial charge in [-0.15, -0.1) is 0 Å². The van der Waals surface area contributed by atoms with Crippen LogP contribution in [0.3, 0.4) is 0 Å². The van der Waals surface area contributed by atoms with Gasteiger partial charge in [-0.3, -0.25) is 4.90 Å². The van der Waals surface area contributed by atoms with Crippen molar-refractivity contribution in [3.8, 4) is 6.07 Å². The predicted octanol–water partition coefficient (Wildman–Crippen LogP) is 1.12. The largest absolute Gasteiger partial charge is 0.379 e. The summed E-state index contributed by atoms with van der Waals surface area (Å²) < 4.78 is 5.39. The van der Waals surface area contributed by atoms with Crippen LogP contribution in [-0.2, 0) is 4.74 Å². The van der Waals surface area contributed by atoms with Crippen molar-refractivity contribution >= 4 is 0 Å². The van der Waals surface area contributed by atoms with Gasteiger partial charge in [0.25, 0.3) is 0 Å². The molecule has 0 spiro atoms. The van der Waals surface area contributed by atoms with Crippen LogP contribution in [0.25, 0.3) is 0 Å². The van der Waals surface area contributed by atoms with Gasteiger partial charge in [0.2, 0.25) is 0 Å². The number of morpholine rings is 1. The SMILES string of the molecule is CC1COCCN1CCCCC(C)(N)C#N. The zero-order valence-electron chi connectivity index (χ0n) is 10.4. The van der Waals surface area contributed by atoms with E-state index in [9.17, 15) is 0 Å². The Kier molecular flexibility index (Phi) is 5.20. The zero-order chi connectivity index (χ0) is 12.0. The highest BCUT2D eigenvalue weighted by atomic mass is 16.5. The molecule has 0 saturated carbocycles. The van der Waals surface area contributed by atoms with Gasteiger partial charge in [-0.05, 0) is 39.7 Å². The number of nitrogens with zero attached hydrogens (tertiary/aromatic N) is 2. The van der Waals surface area contributed by atoms with Crippen LogP contribution in [0.5, 0.6) is 0 Å². The van der Waals surface area contributed by atoms with Crippen LogP contribution in [0.4, 0.5) is 0 Å². The Hall–Kier alpha value is -0.630. The molecule has 1 heterocycles. The molecule has 16 heavy (non-hydrogen) atoms. The van der Waals surface area contributed by atoms with Crippen molar-refractivity contribution < 1.29 is 4.74 Å². The number of rotatable bonds is 5. The Bertz CT molecular complexity index is 247. The highest BCUT2D eigenvalue weighted by Crippen LogP contribution is 2.12. The van der Waals surface area contributed by atoms with Crippen molar-refractivity contribution in [2.75, 3.05) is 26.3 Å². The molecule has 1 aliphatic heterocycles. The van der Waals surface area contributed by atoms with Gasteiger partial charge in [-0.2, -0.15) is 5.26 Å². The fourth-order valence-corrected chi connectivity index (χ4v) is 1.96. The van der Waals surface area contributed by atoms with Crippen molar-refractivity contribution in [2.24, 2.45) is 5.73 Å². The molecule has 0 aliphatic carbocycles. The molecule has 0 amide bonds. The topological polar surface area (TPSA) is 62.3 Å². The summed E-state index contributed by atoms with van der Waals surface area (Å²) in [6.07, 6.45) is 2.91. The summed E-state index contributed by atoms with van der Waals surface area (Å²) >= 11 is 0. The van der Waals surface area contributed by atoms with Gasteiger partial charge in [0.05, 0.1) is 19.3 Å². The molecule has 92 valence electrons. The zero-order valence-corrected chi connectivity index (χ0v) is 10.4. The highest BCUT2D eigenvalue weighted by Gasteiger charge is 2.19. The Morgan fingerprint density at radius 2 is 2.31 bits per heavy atom. The molecule has 4 heteroatoms. The first-order valence-corrected chi connectivity index (χ1v) is 6.07. The van der Waals surface area contributed by atoms with E-state index in [4.69, 9.17) is 15.7 Å². The van der Waals surface area contributed by atoms with Crippen LogP contribution in [0.2, 0.25) is 0 Å². The van der Waals surface area contributed by atoms with E-state index in [-0.39, 0.29) is 0 Å². The lowest BCUT2D eigenvalue weighted by molar-refractivity contribution is -0.000991. The second-order valence-electron chi connectivity index (χ2n) is 4.95. The first kappa shape index (κ1) is 13.4. The van der Waals surface area contributed by atoms with Crippen LogP contribution in [0, 0.1) is 11.3 Å². The average molecular weight is 225 g/mol. The van der Waals surface area contributed by atoms with Crippen LogP contribution in [0.15, 0.2) is 0 Å². The van der Waals surface area contributed by atoms with Crippen LogP contribution >= 0.6 is 0 Å². The van der Waals surface area contributed by atoms with E-state index in [1.165, 1.54) is 0 Å². The van der Waals surface area contributed by atoms with Crippen molar-refractivity contribution in [2.45, 2.75) is 44.7 Å². The molecule has 1 fully saturated rings. The van der Waals surface area contributed by atoms with E-state index < -0.39 is 5.54 Å². The molecule has 4 nitrogen and oxygen atoms in total. The molecule has 2 unspecified atom stereocenters. The van der Waals surface area contributed by atoms with E-state index in [0.29, 0.717) is 6.04 Å². The maximum Gasteiger partial charge on any atom is 0.101 e. The lowest BCUT2D eigenvalue weighted by Gasteiger charge is -2.33. The van der Waals surface area contributed by atoms with Crippen molar-refractivity contribution in [1.29, 1.82) is 5.26 Å². The maximum absolute atomic E-state index is 8.78. The smallest absolute Gasteiger partial charge is 0.101 e. The van der Waals surface area contributed by atoms with E-state index in [0.717, 1.165) is 45.6 Å². The van der Waals surface area contributed by atoms with Gasteiger partial charge in [-0.25, -0.2) is 0 Å². The minimum absolute atomic E-state index is 0.522. The fourth-order valence-electron chi connectivity index (χ4n) is 1.96. The summed E-state index contributed by atoms with van der Waals surface area (Å²) in [7, 11) is 0. The van der Waals surface area contributed by atoms with Gasteiger partial charge >= 0.3 is 0 Å². The van der Waals surface area contributed by atoms with E-state index in [1.54, 1.807) is 6.92 Å². The van der Waals surface area contributed by atoms with Crippen molar-refractivity contribution in [3.63, 3.8) is 0 Å². The first-order valence-electron chi connectivity index (χ1n) is 6.07. The molecule has 2 atom stereocenters. The summed E-state index contributed by atoms with van der Waals surface area (Å²) in [5.41, 5.74) is 5.11. The predicted molar refractivity (Wildman–Crippen MR) is 63.9 cm³/mol. The molecule has 1 rings (SSSR count). The lowest BCUT2D eigenvalue weighted by atomic mass is 9.98. The van der Waals surface area contributed by atoms with Crippen molar-refractivity contribution in [3.05, 3.63) is 0 Å². The second-order valence-corrected chi connectivity index (χ2v) is 4.95. The molecular weight excluding hydrogens is 202 g/mol. The maximum atomic E-state index is 8.78. The summed E-state index contributed by atoms with van der Waals surface area (Å²) in [4.78, 5) is 2.45. The number of hydrogen-bond donors (Lipinski definition) is 1. The number of nitrogens with two attached hydrogens (primary N) is 1. The normalized spacial score (nSPS) is 26.0. The minimum Gasteiger partial charge on any atom is -0.379 e. The summed E-state index contributed by atoms with van der Waals surface area (Å²) in [6.45, 7) is 7.79. The molecule has 0 aromatic heterocycles. The number of ether oxygens (including phenoxy) is 1. The van der Waals surface area contributed by atoms with Crippen LogP contribution in [-0.4, -0.2) is 42.8 Å². The molecule has 0 aromatic rings. The summed E-state index contributed by atoms with van der Waals surface area (Å²) in [5, 5.41) is 8.78. The molecule has 0 aromatic carbocycles. The Morgan fingerprint density at radius 3 is 2.94 bits per heavy atom. The Morgan fingerprint density at radius 1 is 1.56 bits per heavy atom. The first-order chi connectivity index (χ1) is 7.55. The highest BCUT2D eigenvalue weighted by molar-refractivity contribution is 5.00. The van der Waals surface area contributed by atoms with E-state index >= 15 is 0 Å².